The molecule has 0 aliphatic carbocycles. The van der Waals surface area contributed by atoms with Crippen molar-refractivity contribution in [2.24, 2.45) is 5.92 Å². The zero-order valence-corrected chi connectivity index (χ0v) is 21.1. The summed E-state index contributed by atoms with van der Waals surface area (Å²) in [5, 5.41) is 0. The highest BCUT2D eigenvalue weighted by molar-refractivity contribution is 5.93. The van der Waals surface area contributed by atoms with Gasteiger partial charge in [-0.1, -0.05) is 30.4 Å². The Morgan fingerprint density at radius 2 is 1.92 bits per heavy atom. The van der Waals surface area contributed by atoms with Crippen LogP contribution in [0.4, 0.5) is 0 Å². The van der Waals surface area contributed by atoms with E-state index < -0.39 is 5.97 Å². The normalized spacial score (nSPS) is 18.2. The van der Waals surface area contributed by atoms with Crippen LogP contribution < -0.4 is 15.0 Å². The van der Waals surface area contributed by atoms with Gasteiger partial charge in [-0.2, -0.15) is 0 Å². The monoisotopic (exact) mass is 495 g/mol. The minimum Gasteiger partial charge on any atom is -0.496 e. The molecule has 1 fully saturated rings. The molecule has 2 aliphatic rings. The number of methoxy groups -OCH3 is 2. The summed E-state index contributed by atoms with van der Waals surface area (Å²) < 4.78 is 18.1. The average Bonchev–Trinajstić information content (AvgIpc) is 3.06. The summed E-state index contributed by atoms with van der Waals surface area (Å²) in [6.07, 6.45) is 5.00. The zero-order valence-electron chi connectivity index (χ0n) is 21.1. The van der Waals surface area contributed by atoms with Gasteiger partial charge in [-0.15, -0.1) is 0 Å². The van der Waals surface area contributed by atoms with Crippen LogP contribution >= 0.6 is 0 Å². The Morgan fingerprint density at radius 3 is 2.64 bits per heavy atom. The lowest BCUT2D eigenvalue weighted by atomic mass is 10.1. The van der Waals surface area contributed by atoms with E-state index in [4.69, 9.17) is 14.2 Å². The number of likely N-dealkylation sites (tertiary alicyclic amines) is 1. The Hall–Kier alpha value is -3.59. The molecule has 0 bridgehead atoms. The van der Waals surface area contributed by atoms with E-state index in [1.165, 1.54) is 13.2 Å². The van der Waals surface area contributed by atoms with Crippen LogP contribution in [0.25, 0.3) is 6.08 Å². The number of carbonyl (C=O) groups is 2. The maximum atomic E-state index is 13.0. The first kappa shape index (κ1) is 25.5. The number of carbonyl (C=O) groups excluding carboxylic acids is 2. The molecular formula is C27H33N3O6. The minimum atomic E-state index is -0.530. The number of fused-ring (bicyclic) bond motifs is 1. The van der Waals surface area contributed by atoms with Gasteiger partial charge in [-0.25, -0.2) is 4.79 Å². The Bertz CT molecular complexity index is 1200. The summed E-state index contributed by atoms with van der Waals surface area (Å²) in [5.41, 5.74) is 1.71. The van der Waals surface area contributed by atoms with Crippen LogP contribution in [0.5, 0.6) is 11.5 Å². The lowest BCUT2D eigenvalue weighted by Crippen LogP contribution is -2.29. The van der Waals surface area contributed by atoms with Gasteiger partial charge in [0.05, 0.1) is 20.8 Å². The van der Waals surface area contributed by atoms with Crippen molar-refractivity contribution in [3.05, 3.63) is 63.6 Å². The quantitative estimate of drug-likeness (QED) is 0.518. The van der Waals surface area contributed by atoms with E-state index in [-0.39, 0.29) is 29.7 Å². The van der Waals surface area contributed by atoms with Gasteiger partial charge < -0.3 is 23.7 Å². The number of nitrogens with zero attached hydrogens (tertiary/aromatic N) is 3. The highest BCUT2D eigenvalue weighted by atomic mass is 16.5. The van der Waals surface area contributed by atoms with Crippen molar-refractivity contribution in [1.29, 1.82) is 0 Å². The van der Waals surface area contributed by atoms with Crippen LogP contribution in [-0.4, -0.2) is 80.3 Å². The summed E-state index contributed by atoms with van der Waals surface area (Å²) >= 11 is 0. The molecule has 0 N–H and O–H groups in total. The molecule has 9 heteroatoms. The van der Waals surface area contributed by atoms with Crippen molar-refractivity contribution in [1.82, 2.24) is 14.4 Å². The van der Waals surface area contributed by atoms with Gasteiger partial charge in [0, 0.05) is 75.9 Å². The SMILES string of the molecule is COC(=O)c1c(OCC2CC(=O)N(C)C2)cc(=O)n2c1CCN(C/C=C/c1ccccc1OC)CC2. The number of ether oxygens (including phenoxy) is 3. The molecule has 1 unspecified atom stereocenters. The molecule has 4 rings (SSSR count). The second kappa shape index (κ2) is 11.4. The Kier molecular flexibility index (Phi) is 8.10. The van der Waals surface area contributed by atoms with E-state index in [0.717, 1.165) is 11.3 Å². The summed E-state index contributed by atoms with van der Waals surface area (Å²) in [5.74, 6) is 0.591. The van der Waals surface area contributed by atoms with E-state index in [0.29, 0.717) is 56.8 Å². The molecule has 1 aromatic heterocycles. The summed E-state index contributed by atoms with van der Waals surface area (Å²) in [7, 11) is 4.73. The van der Waals surface area contributed by atoms with Gasteiger partial charge in [0.25, 0.3) is 5.56 Å². The Morgan fingerprint density at radius 1 is 1.11 bits per heavy atom. The maximum Gasteiger partial charge on any atom is 0.343 e. The first-order chi connectivity index (χ1) is 17.4. The summed E-state index contributed by atoms with van der Waals surface area (Å²) in [6.45, 7) is 3.34. The van der Waals surface area contributed by atoms with E-state index in [2.05, 4.69) is 11.0 Å². The molecule has 1 amide bonds. The number of hydrogen-bond donors (Lipinski definition) is 0. The van der Waals surface area contributed by atoms with Crippen molar-refractivity contribution >= 4 is 18.0 Å². The lowest BCUT2D eigenvalue weighted by molar-refractivity contribution is -0.126. The molecule has 0 saturated carbocycles. The first-order valence-electron chi connectivity index (χ1n) is 12.1. The topological polar surface area (TPSA) is 90.3 Å². The molecule has 1 aromatic carbocycles. The third kappa shape index (κ3) is 5.62. The second-order valence-electron chi connectivity index (χ2n) is 9.16. The van der Waals surface area contributed by atoms with Crippen LogP contribution in [0, 0.1) is 5.92 Å². The fraction of sp³-hybridized carbons (Fsp3) is 0.444. The highest BCUT2D eigenvalue weighted by Crippen LogP contribution is 2.26. The number of esters is 1. The van der Waals surface area contributed by atoms with Gasteiger partial charge in [0.1, 0.15) is 17.1 Å². The lowest BCUT2D eigenvalue weighted by Gasteiger charge is -2.18. The molecule has 1 saturated heterocycles. The number of amides is 1. The third-order valence-corrected chi connectivity index (χ3v) is 6.77. The van der Waals surface area contributed by atoms with Crippen LogP contribution in [0.15, 0.2) is 41.2 Å². The number of rotatable bonds is 8. The molecule has 1 atom stereocenters. The van der Waals surface area contributed by atoms with Gasteiger partial charge in [0.15, 0.2) is 0 Å². The fourth-order valence-electron chi connectivity index (χ4n) is 4.82. The van der Waals surface area contributed by atoms with Crippen molar-refractivity contribution in [2.45, 2.75) is 19.4 Å². The largest absolute Gasteiger partial charge is 0.496 e. The van der Waals surface area contributed by atoms with E-state index in [1.54, 1.807) is 23.6 Å². The average molecular weight is 496 g/mol. The fourth-order valence-corrected chi connectivity index (χ4v) is 4.82. The molecule has 0 spiro atoms. The van der Waals surface area contributed by atoms with Crippen LogP contribution in [-0.2, 0) is 22.5 Å². The number of aromatic nitrogens is 1. The Labute approximate surface area is 210 Å². The second-order valence-corrected chi connectivity index (χ2v) is 9.16. The van der Waals surface area contributed by atoms with Crippen molar-refractivity contribution < 1.29 is 23.8 Å². The van der Waals surface area contributed by atoms with Crippen molar-refractivity contribution in [2.75, 3.05) is 54.1 Å². The molecule has 9 nitrogen and oxygen atoms in total. The van der Waals surface area contributed by atoms with Crippen LogP contribution in [0.2, 0.25) is 0 Å². The molecule has 0 radical (unpaired) electrons. The number of hydrogen-bond acceptors (Lipinski definition) is 7. The summed E-state index contributed by atoms with van der Waals surface area (Å²) in [6, 6.07) is 9.19. The van der Waals surface area contributed by atoms with Crippen LogP contribution in [0.3, 0.4) is 0 Å². The molecule has 2 aromatic rings. The van der Waals surface area contributed by atoms with E-state index in [1.807, 2.05) is 30.3 Å². The first-order valence-corrected chi connectivity index (χ1v) is 12.1. The smallest absolute Gasteiger partial charge is 0.343 e. The van der Waals surface area contributed by atoms with Gasteiger partial charge >= 0.3 is 5.97 Å². The molecule has 36 heavy (non-hydrogen) atoms. The molecule has 2 aliphatic heterocycles. The van der Waals surface area contributed by atoms with Gasteiger partial charge in [0.2, 0.25) is 5.91 Å². The third-order valence-electron chi connectivity index (χ3n) is 6.77. The molecular weight excluding hydrogens is 462 g/mol. The van der Waals surface area contributed by atoms with Gasteiger partial charge in [-0.05, 0) is 6.07 Å². The predicted octanol–water partition coefficient (Wildman–Crippen LogP) is 2.07. The predicted molar refractivity (Wildman–Crippen MR) is 135 cm³/mol. The Balaban J connectivity index is 1.50. The standard InChI is InChI=1S/C27H33N3O6/c1-28-17-19(15-24(28)31)18-36-23-16-25(32)30-14-13-29(12-10-21(30)26(23)27(33)35-3)11-6-8-20-7-4-5-9-22(20)34-2/h4-9,16,19H,10-15,17-18H2,1-3H3/b8-6+. The van der Waals surface area contributed by atoms with Crippen LogP contribution in [0.1, 0.15) is 28.0 Å². The van der Waals surface area contributed by atoms with E-state index in [9.17, 15) is 14.4 Å². The number of para-hydroxylation sites is 1. The maximum absolute atomic E-state index is 13.0. The van der Waals surface area contributed by atoms with E-state index >= 15 is 0 Å². The summed E-state index contributed by atoms with van der Waals surface area (Å²) in [4.78, 5) is 41.5. The zero-order chi connectivity index (χ0) is 25.7. The van der Waals surface area contributed by atoms with Crippen molar-refractivity contribution in [3.63, 3.8) is 0 Å². The molecule has 3 heterocycles. The molecule has 192 valence electrons. The minimum absolute atomic E-state index is 0.0140. The number of pyridine rings is 1. The number of benzene rings is 1. The highest BCUT2D eigenvalue weighted by Gasteiger charge is 2.29. The van der Waals surface area contributed by atoms with Crippen molar-refractivity contribution in [3.8, 4) is 11.5 Å². The van der Waals surface area contributed by atoms with Gasteiger partial charge in [-0.3, -0.25) is 14.5 Å².